The Morgan fingerprint density at radius 2 is 2.10 bits per heavy atom. The number of rotatable bonds is 3. The summed E-state index contributed by atoms with van der Waals surface area (Å²) >= 11 is 0. The second-order valence-electron chi connectivity index (χ2n) is 5.59. The minimum absolute atomic E-state index is 0. The van der Waals surface area contributed by atoms with Gasteiger partial charge in [0, 0.05) is 0 Å². The number of hydrogen-bond donors (Lipinski definition) is 2. The third-order valence-electron chi connectivity index (χ3n) is 3.88. The number of carbonyl (C=O) groups excluding carboxylic acids is 1. The number of nitrogens with one attached hydrogen (secondary N) is 2. The van der Waals surface area contributed by atoms with Gasteiger partial charge in [0.15, 0.2) is 0 Å². The summed E-state index contributed by atoms with van der Waals surface area (Å²) < 4.78 is 0. The molecule has 1 amide bonds. The average Bonchev–Trinajstić information content (AvgIpc) is 2.39. The first-order valence-corrected chi connectivity index (χ1v) is 7.19. The Bertz CT molecular complexity index is 456. The second-order valence-corrected chi connectivity index (χ2v) is 5.59. The van der Waals surface area contributed by atoms with Gasteiger partial charge in [-0.25, -0.2) is 0 Å². The fourth-order valence-corrected chi connectivity index (χ4v) is 2.78. The summed E-state index contributed by atoms with van der Waals surface area (Å²) in [7, 11) is 0. The predicted molar refractivity (Wildman–Crippen MR) is 85.4 cm³/mol. The maximum Gasteiger partial charge on any atom is 0.237 e. The zero-order valence-corrected chi connectivity index (χ0v) is 13.3. The Morgan fingerprint density at radius 3 is 2.70 bits per heavy atom. The van der Waals surface area contributed by atoms with E-state index in [1.165, 1.54) is 23.1 Å². The number of benzene rings is 1. The van der Waals surface area contributed by atoms with Gasteiger partial charge in [-0.3, -0.25) is 4.79 Å². The third kappa shape index (κ3) is 4.22. The summed E-state index contributed by atoms with van der Waals surface area (Å²) in [6, 6.07) is 6.43. The van der Waals surface area contributed by atoms with E-state index < -0.39 is 0 Å². The molecule has 1 aliphatic rings. The summed E-state index contributed by atoms with van der Waals surface area (Å²) in [6.07, 6.45) is 3.27. The molecule has 0 saturated carbocycles. The zero-order chi connectivity index (χ0) is 13.8. The molecular formula is C16H25ClN2O. The van der Waals surface area contributed by atoms with Crippen LogP contribution in [0.3, 0.4) is 0 Å². The minimum Gasteiger partial charge on any atom is -0.348 e. The van der Waals surface area contributed by atoms with Crippen LogP contribution in [0, 0.1) is 13.8 Å². The van der Waals surface area contributed by atoms with Gasteiger partial charge in [-0.1, -0.05) is 30.2 Å². The highest BCUT2D eigenvalue weighted by molar-refractivity contribution is 5.85. The summed E-state index contributed by atoms with van der Waals surface area (Å²) in [4.78, 5) is 12.2. The molecule has 1 aromatic rings. The number of piperidine rings is 1. The van der Waals surface area contributed by atoms with Crippen LogP contribution in [0.4, 0.5) is 0 Å². The van der Waals surface area contributed by atoms with E-state index in [4.69, 9.17) is 0 Å². The lowest BCUT2D eigenvalue weighted by Crippen LogP contribution is -2.47. The Hall–Kier alpha value is -1.06. The minimum atomic E-state index is -0.0121. The number of carbonyl (C=O) groups is 1. The van der Waals surface area contributed by atoms with Crippen LogP contribution in [-0.4, -0.2) is 18.5 Å². The van der Waals surface area contributed by atoms with Crippen LogP contribution in [0.2, 0.25) is 0 Å². The fraction of sp³-hybridized carbons (Fsp3) is 0.562. The van der Waals surface area contributed by atoms with Crippen molar-refractivity contribution < 1.29 is 4.79 Å². The number of hydrogen-bond acceptors (Lipinski definition) is 2. The highest BCUT2D eigenvalue weighted by atomic mass is 35.5. The summed E-state index contributed by atoms with van der Waals surface area (Å²) in [6.45, 7) is 7.20. The predicted octanol–water partition coefficient (Wildman–Crippen LogP) is 3.04. The number of halogens is 1. The van der Waals surface area contributed by atoms with Crippen molar-refractivity contribution in [3.05, 3.63) is 34.9 Å². The number of aryl methyl sites for hydroxylation is 2. The van der Waals surface area contributed by atoms with Gasteiger partial charge < -0.3 is 10.6 Å². The highest BCUT2D eigenvalue weighted by Crippen LogP contribution is 2.19. The van der Waals surface area contributed by atoms with E-state index in [-0.39, 0.29) is 30.4 Å². The molecule has 3 nitrogen and oxygen atoms in total. The van der Waals surface area contributed by atoms with E-state index in [0.717, 1.165) is 19.4 Å². The van der Waals surface area contributed by atoms with Crippen LogP contribution >= 0.6 is 12.4 Å². The SMILES string of the molecule is Cc1ccc(C(C)NC(=O)C2CCCCN2)c(C)c1.Cl. The lowest BCUT2D eigenvalue weighted by Gasteiger charge is -2.25. The summed E-state index contributed by atoms with van der Waals surface area (Å²) in [5.41, 5.74) is 3.70. The molecule has 112 valence electrons. The van der Waals surface area contributed by atoms with E-state index in [9.17, 15) is 4.79 Å². The molecule has 20 heavy (non-hydrogen) atoms. The van der Waals surface area contributed by atoms with Crippen molar-refractivity contribution in [1.82, 2.24) is 10.6 Å². The molecule has 2 atom stereocenters. The standard InChI is InChI=1S/C16H24N2O.ClH/c1-11-7-8-14(12(2)10-11)13(3)18-16(19)15-6-4-5-9-17-15;/h7-8,10,13,15,17H,4-6,9H2,1-3H3,(H,18,19);1H. The van der Waals surface area contributed by atoms with Gasteiger partial charge in [0.05, 0.1) is 12.1 Å². The van der Waals surface area contributed by atoms with Crippen molar-refractivity contribution in [1.29, 1.82) is 0 Å². The van der Waals surface area contributed by atoms with Gasteiger partial charge in [-0.2, -0.15) is 0 Å². The van der Waals surface area contributed by atoms with Gasteiger partial charge in [0.25, 0.3) is 0 Å². The molecule has 1 aromatic carbocycles. The highest BCUT2D eigenvalue weighted by Gasteiger charge is 2.22. The van der Waals surface area contributed by atoms with Gasteiger partial charge in [0.1, 0.15) is 0 Å². The van der Waals surface area contributed by atoms with Crippen LogP contribution in [0.25, 0.3) is 0 Å². The Kier molecular flexibility index (Phi) is 6.50. The van der Waals surface area contributed by atoms with Crippen molar-refractivity contribution in [2.75, 3.05) is 6.54 Å². The summed E-state index contributed by atoms with van der Waals surface area (Å²) in [5, 5.41) is 6.41. The largest absolute Gasteiger partial charge is 0.348 e. The molecule has 0 spiro atoms. The van der Waals surface area contributed by atoms with Crippen LogP contribution in [0.1, 0.15) is 48.9 Å². The fourth-order valence-electron chi connectivity index (χ4n) is 2.78. The Labute approximate surface area is 127 Å². The van der Waals surface area contributed by atoms with Gasteiger partial charge in [-0.05, 0) is 51.3 Å². The second kappa shape index (κ2) is 7.65. The first-order valence-electron chi connectivity index (χ1n) is 7.19. The molecule has 1 heterocycles. The van der Waals surface area contributed by atoms with Gasteiger partial charge in [0.2, 0.25) is 5.91 Å². The van der Waals surface area contributed by atoms with Crippen molar-refractivity contribution in [3.8, 4) is 0 Å². The molecule has 1 saturated heterocycles. The zero-order valence-electron chi connectivity index (χ0n) is 12.5. The molecule has 2 unspecified atom stereocenters. The van der Waals surface area contributed by atoms with Crippen LogP contribution in [-0.2, 0) is 4.79 Å². The van der Waals surface area contributed by atoms with Crippen molar-refractivity contribution in [2.45, 2.75) is 52.1 Å². The summed E-state index contributed by atoms with van der Waals surface area (Å²) in [5.74, 6) is 0.132. The van der Waals surface area contributed by atoms with E-state index in [2.05, 4.69) is 49.6 Å². The monoisotopic (exact) mass is 296 g/mol. The molecular weight excluding hydrogens is 272 g/mol. The first-order chi connectivity index (χ1) is 9.08. The molecule has 0 aliphatic carbocycles. The molecule has 1 aliphatic heterocycles. The van der Waals surface area contributed by atoms with Crippen molar-refractivity contribution >= 4 is 18.3 Å². The van der Waals surface area contributed by atoms with Crippen LogP contribution in [0.5, 0.6) is 0 Å². The molecule has 0 bridgehead atoms. The quantitative estimate of drug-likeness (QED) is 0.900. The van der Waals surface area contributed by atoms with Gasteiger partial charge in [-0.15, -0.1) is 12.4 Å². The maximum atomic E-state index is 12.2. The van der Waals surface area contributed by atoms with Crippen LogP contribution in [0.15, 0.2) is 18.2 Å². The van der Waals surface area contributed by atoms with E-state index >= 15 is 0 Å². The normalized spacial score (nSPS) is 19.9. The third-order valence-corrected chi connectivity index (χ3v) is 3.88. The van der Waals surface area contributed by atoms with Crippen molar-refractivity contribution in [3.63, 3.8) is 0 Å². The Morgan fingerprint density at radius 1 is 1.35 bits per heavy atom. The topological polar surface area (TPSA) is 41.1 Å². The van der Waals surface area contributed by atoms with Gasteiger partial charge >= 0.3 is 0 Å². The molecule has 4 heteroatoms. The Balaban J connectivity index is 0.00000200. The molecule has 1 fully saturated rings. The van der Waals surface area contributed by atoms with Crippen molar-refractivity contribution in [2.24, 2.45) is 0 Å². The molecule has 0 aromatic heterocycles. The van der Waals surface area contributed by atoms with E-state index in [1.54, 1.807) is 0 Å². The van der Waals surface area contributed by atoms with E-state index in [0.29, 0.717) is 0 Å². The van der Waals surface area contributed by atoms with E-state index in [1.807, 2.05) is 0 Å². The average molecular weight is 297 g/mol. The van der Waals surface area contributed by atoms with Crippen LogP contribution < -0.4 is 10.6 Å². The molecule has 2 N–H and O–H groups in total. The number of amides is 1. The molecule has 2 rings (SSSR count). The first kappa shape index (κ1) is 17.0. The maximum absolute atomic E-state index is 12.2. The smallest absolute Gasteiger partial charge is 0.237 e. The lowest BCUT2D eigenvalue weighted by atomic mass is 9.99. The molecule has 0 radical (unpaired) electrons. The lowest BCUT2D eigenvalue weighted by molar-refractivity contribution is -0.124.